The largest absolute Gasteiger partial charge is 0.367 e. The average molecular weight is 192 g/mol. The number of aromatic nitrogens is 1. The number of pyridine rings is 1. The first-order valence-electron chi connectivity index (χ1n) is 5.32. The molecule has 0 bridgehead atoms. The fraction of sp³-hybridized carbons (Fsp3) is 0.583. The molecule has 0 spiro atoms. The van der Waals surface area contributed by atoms with E-state index in [0.29, 0.717) is 12.0 Å². The van der Waals surface area contributed by atoms with E-state index < -0.39 is 0 Å². The maximum Gasteiger partial charge on any atom is 0.126 e. The van der Waals surface area contributed by atoms with Crippen LogP contribution in [0.1, 0.15) is 32.8 Å². The van der Waals surface area contributed by atoms with E-state index in [1.807, 2.05) is 12.3 Å². The van der Waals surface area contributed by atoms with Crippen molar-refractivity contribution in [1.82, 2.24) is 4.98 Å². The lowest BCUT2D eigenvalue weighted by Gasteiger charge is -2.21. The van der Waals surface area contributed by atoms with Gasteiger partial charge in [0.2, 0.25) is 0 Å². The minimum Gasteiger partial charge on any atom is -0.367 e. The molecule has 0 saturated carbocycles. The highest BCUT2D eigenvalue weighted by Gasteiger charge is 2.10. The molecule has 1 aromatic heterocycles. The van der Waals surface area contributed by atoms with Gasteiger partial charge in [0.25, 0.3) is 0 Å². The molecular weight excluding hydrogens is 172 g/mol. The summed E-state index contributed by atoms with van der Waals surface area (Å²) in [5.41, 5.74) is 1.25. The van der Waals surface area contributed by atoms with Crippen LogP contribution in [0.15, 0.2) is 18.3 Å². The van der Waals surface area contributed by atoms with Crippen LogP contribution in [0, 0.1) is 12.8 Å². The summed E-state index contributed by atoms with van der Waals surface area (Å²) < 4.78 is 0. The molecule has 0 aliphatic rings. The van der Waals surface area contributed by atoms with Gasteiger partial charge in [-0.15, -0.1) is 0 Å². The zero-order valence-electron chi connectivity index (χ0n) is 9.54. The van der Waals surface area contributed by atoms with Crippen molar-refractivity contribution in [3.05, 3.63) is 23.9 Å². The Balaban J connectivity index is 2.67. The highest BCUT2D eigenvalue weighted by molar-refractivity contribution is 5.38. The third-order valence-corrected chi connectivity index (χ3v) is 2.49. The van der Waals surface area contributed by atoms with Crippen LogP contribution in [0.4, 0.5) is 5.82 Å². The quantitative estimate of drug-likeness (QED) is 0.792. The molecule has 1 atom stereocenters. The molecule has 2 heteroatoms. The summed E-state index contributed by atoms with van der Waals surface area (Å²) in [6, 6.07) is 4.62. The number of nitrogens with zero attached hydrogens (tertiary/aromatic N) is 1. The van der Waals surface area contributed by atoms with Crippen molar-refractivity contribution in [3.63, 3.8) is 0 Å². The van der Waals surface area contributed by atoms with Crippen molar-refractivity contribution >= 4 is 5.82 Å². The van der Waals surface area contributed by atoms with Gasteiger partial charge in [-0.3, -0.25) is 0 Å². The van der Waals surface area contributed by atoms with Crippen molar-refractivity contribution in [2.75, 3.05) is 5.32 Å². The lowest BCUT2D eigenvalue weighted by molar-refractivity contribution is 0.510. The first-order valence-corrected chi connectivity index (χ1v) is 5.32. The van der Waals surface area contributed by atoms with Crippen molar-refractivity contribution in [1.29, 1.82) is 0 Å². The second kappa shape index (κ2) is 4.99. The van der Waals surface area contributed by atoms with Crippen LogP contribution in [0.2, 0.25) is 0 Å². The summed E-state index contributed by atoms with van der Waals surface area (Å²) in [6.45, 7) is 8.75. The van der Waals surface area contributed by atoms with E-state index in [1.54, 1.807) is 0 Å². The van der Waals surface area contributed by atoms with Crippen molar-refractivity contribution < 1.29 is 0 Å². The Kier molecular flexibility index (Phi) is 3.93. The molecular formula is C12H20N2. The Hall–Kier alpha value is -1.05. The van der Waals surface area contributed by atoms with E-state index in [9.17, 15) is 0 Å². The Morgan fingerprint density at radius 1 is 1.43 bits per heavy atom. The molecule has 1 rings (SSSR count). The summed E-state index contributed by atoms with van der Waals surface area (Å²) in [5.74, 6) is 1.63. The van der Waals surface area contributed by atoms with Crippen LogP contribution in [0.25, 0.3) is 0 Å². The van der Waals surface area contributed by atoms with Crippen molar-refractivity contribution in [3.8, 4) is 0 Å². The van der Waals surface area contributed by atoms with E-state index in [1.165, 1.54) is 5.56 Å². The fourth-order valence-corrected chi connectivity index (χ4v) is 1.55. The molecule has 2 nitrogen and oxygen atoms in total. The zero-order valence-corrected chi connectivity index (χ0v) is 9.54. The van der Waals surface area contributed by atoms with Crippen molar-refractivity contribution in [2.45, 2.75) is 40.2 Å². The number of nitrogens with one attached hydrogen (secondary N) is 1. The van der Waals surface area contributed by atoms with Crippen molar-refractivity contribution in [2.24, 2.45) is 5.92 Å². The third-order valence-electron chi connectivity index (χ3n) is 2.49. The number of aryl methyl sites for hydroxylation is 1. The average Bonchev–Trinajstić information content (AvgIpc) is 2.14. The molecule has 0 aliphatic carbocycles. The SMILES string of the molecule is CCC(Nc1cc(C)ccn1)C(C)C. The standard InChI is InChI=1S/C12H20N2/c1-5-11(9(2)3)14-12-8-10(4)6-7-13-12/h6-9,11H,5H2,1-4H3,(H,13,14). The zero-order chi connectivity index (χ0) is 10.6. The smallest absolute Gasteiger partial charge is 0.126 e. The Bertz CT molecular complexity index is 281. The molecule has 0 fully saturated rings. The summed E-state index contributed by atoms with van der Waals surface area (Å²) in [5, 5.41) is 3.46. The predicted molar refractivity (Wildman–Crippen MR) is 61.5 cm³/mol. The summed E-state index contributed by atoms with van der Waals surface area (Å²) >= 11 is 0. The lowest BCUT2D eigenvalue weighted by atomic mass is 10.0. The van der Waals surface area contributed by atoms with Gasteiger partial charge in [0.05, 0.1) is 0 Å². The lowest BCUT2D eigenvalue weighted by Crippen LogP contribution is -2.25. The Morgan fingerprint density at radius 2 is 2.14 bits per heavy atom. The van der Waals surface area contributed by atoms with Crippen LogP contribution < -0.4 is 5.32 Å². The van der Waals surface area contributed by atoms with Gasteiger partial charge in [-0.1, -0.05) is 20.8 Å². The minimum absolute atomic E-state index is 0.518. The van der Waals surface area contributed by atoms with Gasteiger partial charge in [-0.05, 0) is 37.0 Å². The van der Waals surface area contributed by atoms with Gasteiger partial charge in [-0.2, -0.15) is 0 Å². The van der Waals surface area contributed by atoms with Gasteiger partial charge < -0.3 is 5.32 Å². The van der Waals surface area contributed by atoms with Crippen LogP contribution in [-0.2, 0) is 0 Å². The van der Waals surface area contributed by atoms with Crippen LogP contribution >= 0.6 is 0 Å². The van der Waals surface area contributed by atoms with Gasteiger partial charge in [-0.25, -0.2) is 4.98 Å². The molecule has 1 aromatic rings. The van der Waals surface area contributed by atoms with E-state index >= 15 is 0 Å². The van der Waals surface area contributed by atoms with Crippen LogP contribution in [0.3, 0.4) is 0 Å². The van der Waals surface area contributed by atoms with Gasteiger partial charge in [0.15, 0.2) is 0 Å². The second-order valence-corrected chi connectivity index (χ2v) is 4.12. The third kappa shape index (κ3) is 3.02. The topological polar surface area (TPSA) is 24.9 Å². The first-order chi connectivity index (χ1) is 6.63. The summed E-state index contributed by atoms with van der Waals surface area (Å²) in [6.07, 6.45) is 2.98. The monoisotopic (exact) mass is 192 g/mol. The summed E-state index contributed by atoms with van der Waals surface area (Å²) in [4.78, 5) is 4.30. The predicted octanol–water partition coefficient (Wildman–Crippen LogP) is 3.24. The minimum atomic E-state index is 0.518. The molecule has 78 valence electrons. The highest BCUT2D eigenvalue weighted by Crippen LogP contribution is 2.13. The van der Waals surface area contributed by atoms with E-state index in [4.69, 9.17) is 0 Å². The number of hydrogen-bond acceptors (Lipinski definition) is 2. The molecule has 14 heavy (non-hydrogen) atoms. The molecule has 0 amide bonds. The molecule has 1 unspecified atom stereocenters. The summed E-state index contributed by atoms with van der Waals surface area (Å²) in [7, 11) is 0. The fourth-order valence-electron chi connectivity index (χ4n) is 1.55. The van der Waals surface area contributed by atoms with E-state index in [2.05, 4.69) is 44.1 Å². The highest BCUT2D eigenvalue weighted by atomic mass is 15.0. The Labute approximate surface area is 86.8 Å². The molecule has 0 radical (unpaired) electrons. The normalized spacial score (nSPS) is 12.9. The maximum absolute atomic E-state index is 4.30. The van der Waals surface area contributed by atoms with Crippen LogP contribution in [-0.4, -0.2) is 11.0 Å². The second-order valence-electron chi connectivity index (χ2n) is 4.12. The van der Waals surface area contributed by atoms with E-state index in [-0.39, 0.29) is 0 Å². The molecule has 1 N–H and O–H groups in total. The molecule has 1 heterocycles. The first kappa shape index (κ1) is 11.0. The number of hydrogen-bond donors (Lipinski definition) is 1. The molecule has 0 aliphatic heterocycles. The molecule has 0 aromatic carbocycles. The van der Waals surface area contributed by atoms with E-state index in [0.717, 1.165) is 12.2 Å². The Morgan fingerprint density at radius 3 is 2.64 bits per heavy atom. The maximum atomic E-state index is 4.30. The van der Waals surface area contributed by atoms with Gasteiger partial charge in [0.1, 0.15) is 5.82 Å². The number of anilines is 1. The molecule has 0 saturated heterocycles. The van der Waals surface area contributed by atoms with Crippen LogP contribution in [0.5, 0.6) is 0 Å². The van der Waals surface area contributed by atoms with Gasteiger partial charge >= 0.3 is 0 Å². The van der Waals surface area contributed by atoms with Gasteiger partial charge in [0, 0.05) is 12.2 Å². The number of rotatable bonds is 4.